The lowest BCUT2D eigenvalue weighted by Gasteiger charge is -2.03. The number of rotatable bonds is 1. The molecule has 0 radical (unpaired) electrons. The average Bonchev–Trinajstić information content (AvgIpc) is 2.04. The minimum atomic E-state index is 0.620. The molecule has 1 rings (SSSR count). The molecular weight excluding hydrogens is 138 g/mol. The zero-order valence-corrected chi connectivity index (χ0v) is 6.59. The van der Waals surface area contributed by atoms with E-state index in [4.69, 9.17) is 10.00 Å². The van der Waals surface area contributed by atoms with Crippen LogP contribution in [-0.2, 0) is 0 Å². The van der Waals surface area contributed by atoms with Crippen molar-refractivity contribution < 1.29 is 4.74 Å². The number of methoxy groups -OCH3 is 1. The van der Waals surface area contributed by atoms with Crippen molar-refractivity contribution in [2.45, 2.75) is 6.92 Å². The van der Waals surface area contributed by atoms with Gasteiger partial charge in [-0.2, -0.15) is 5.26 Å². The first kappa shape index (κ1) is 7.62. The number of ether oxygens (including phenoxy) is 1. The highest BCUT2D eigenvalue weighted by atomic mass is 16.5. The number of hydrogen-bond acceptors (Lipinski definition) is 2. The largest absolute Gasteiger partial charge is 0.495 e. The van der Waals surface area contributed by atoms with Crippen LogP contribution < -0.4 is 4.74 Å². The fraction of sp³-hybridized carbons (Fsp3) is 0.222. The fourth-order valence-electron chi connectivity index (χ4n) is 0.954. The number of nitrogens with zero attached hydrogens (tertiary/aromatic N) is 1. The molecular formula is C9H9NO. The Morgan fingerprint density at radius 1 is 1.45 bits per heavy atom. The normalized spacial score (nSPS) is 8.82. The summed E-state index contributed by atoms with van der Waals surface area (Å²) in [5.74, 6) is 0.646. The maximum atomic E-state index is 8.70. The van der Waals surface area contributed by atoms with E-state index in [0.29, 0.717) is 11.3 Å². The average molecular weight is 147 g/mol. The molecule has 0 aliphatic heterocycles. The highest BCUT2D eigenvalue weighted by Crippen LogP contribution is 2.19. The van der Waals surface area contributed by atoms with Gasteiger partial charge in [0.15, 0.2) is 0 Å². The third kappa shape index (κ3) is 1.32. The minimum Gasteiger partial charge on any atom is -0.495 e. The quantitative estimate of drug-likeness (QED) is 0.607. The van der Waals surface area contributed by atoms with Crippen molar-refractivity contribution in [1.82, 2.24) is 0 Å². The Morgan fingerprint density at radius 2 is 2.18 bits per heavy atom. The summed E-state index contributed by atoms with van der Waals surface area (Å²) in [6.45, 7) is 1.89. The van der Waals surface area contributed by atoms with E-state index in [-0.39, 0.29) is 0 Å². The van der Waals surface area contributed by atoms with E-state index in [2.05, 4.69) is 6.07 Å². The van der Waals surface area contributed by atoms with Crippen molar-refractivity contribution >= 4 is 0 Å². The SMILES string of the molecule is COc1cccc(C)c1C#N. The summed E-state index contributed by atoms with van der Waals surface area (Å²) in [5.41, 5.74) is 1.57. The number of hydrogen-bond donors (Lipinski definition) is 0. The summed E-state index contributed by atoms with van der Waals surface area (Å²) in [6.07, 6.45) is 0. The molecule has 1 aromatic carbocycles. The second kappa shape index (κ2) is 3.07. The van der Waals surface area contributed by atoms with Gasteiger partial charge in [-0.05, 0) is 18.6 Å². The van der Waals surface area contributed by atoms with E-state index in [1.54, 1.807) is 13.2 Å². The Bertz CT molecular complexity index is 299. The molecule has 2 nitrogen and oxygen atoms in total. The van der Waals surface area contributed by atoms with Crippen molar-refractivity contribution in [2.24, 2.45) is 0 Å². The molecule has 0 fully saturated rings. The first-order chi connectivity index (χ1) is 5.29. The molecule has 11 heavy (non-hydrogen) atoms. The first-order valence-corrected chi connectivity index (χ1v) is 3.33. The lowest BCUT2D eigenvalue weighted by molar-refractivity contribution is 0.413. The predicted molar refractivity (Wildman–Crippen MR) is 42.4 cm³/mol. The van der Waals surface area contributed by atoms with Gasteiger partial charge >= 0.3 is 0 Å². The van der Waals surface area contributed by atoms with Crippen molar-refractivity contribution in [3.05, 3.63) is 29.3 Å². The smallest absolute Gasteiger partial charge is 0.136 e. The Kier molecular flexibility index (Phi) is 2.12. The maximum absolute atomic E-state index is 8.70. The van der Waals surface area contributed by atoms with E-state index in [1.165, 1.54) is 0 Å². The molecule has 2 heteroatoms. The van der Waals surface area contributed by atoms with Gasteiger partial charge in [0.1, 0.15) is 11.8 Å². The number of benzene rings is 1. The zero-order valence-electron chi connectivity index (χ0n) is 6.59. The third-order valence-corrected chi connectivity index (χ3v) is 1.57. The molecule has 0 aliphatic carbocycles. The molecule has 0 heterocycles. The summed E-state index contributed by atoms with van der Waals surface area (Å²) in [6, 6.07) is 7.63. The van der Waals surface area contributed by atoms with E-state index < -0.39 is 0 Å². The molecule has 0 unspecified atom stereocenters. The Balaban J connectivity index is 3.27. The second-order valence-corrected chi connectivity index (χ2v) is 2.26. The van der Waals surface area contributed by atoms with Gasteiger partial charge < -0.3 is 4.74 Å². The molecule has 0 spiro atoms. The molecule has 56 valence electrons. The van der Waals surface area contributed by atoms with Gasteiger partial charge in [0.2, 0.25) is 0 Å². The molecule has 0 aliphatic rings. The Hall–Kier alpha value is -1.49. The molecule has 0 atom stereocenters. The van der Waals surface area contributed by atoms with Crippen LogP contribution in [0.25, 0.3) is 0 Å². The van der Waals surface area contributed by atoms with Crippen LogP contribution in [0, 0.1) is 18.3 Å². The summed E-state index contributed by atoms with van der Waals surface area (Å²) < 4.78 is 4.99. The van der Waals surface area contributed by atoms with E-state index in [9.17, 15) is 0 Å². The molecule has 0 aromatic heterocycles. The monoisotopic (exact) mass is 147 g/mol. The van der Waals surface area contributed by atoms with Crippen LogP contribution in [0.2, 0.25) is 0 Å². The van der Waals surface area contributed by atoms with Crippen LogP contribution in [0.4, 0.5) is 0 Å². The number of aryl methyl sites for hydroxylation is 1. The van der Waals surface area contributed by atoms with Crippen LogP contribution in [-0.4, -0.2) is 7.11 Å². The summed E-state index contributed by atoms with van der Waals surface area (Å²) in [7, 11) is 1.57. The summed E-state index contributed by atoms with van der Waals surface area (Å²) in [5, 5.41) is 8.70. The van der Waals surface area contributed by atoms with E-state index in [0.717, 1.165) is 5.56 Å². The predicted octanol–water partition coefficient (Wildman–Crippen LogP) is 1.88. The van der Waals surface area contributed by atoms with Crippen molar-refractivity contribution in [2.75, 3.05) is 7.11 Å². The van der Waals surface area contributed by atoms with Crippen molar-refractivity contribution in [3.63, 3.8) is 0 Å². The van der Waals surface area contributed by atoms with Crippen LogP contribution in [0.3, 0.4) is 0 Å². The van der Waals surface area contributed by atoms with Crippen molar-refractivity contribution in [3.8, 4) is 11.8 Å². The molecule has 0 N–H and O–H groups in total. The van der Waals surface area contributed by atoms with E-state index >= 15 is 0 Å². The van der Waals surface area contributed by atoms with Gasteiger partial charge in [-0.25, -0.2) is 0 Å². The van der Waals surface area contributed by atoms with Gasteiger partial charge in [-0.15, -0.1) is 0 Å². The maximum Gasteiger partial charge on any atom is 0.136 e. The standard InChI is InChI=1S/C9H9NO/c1-7-4-3-5-9(11-2)8(7)6-10/h3-5H,1-2H3. The lowest BCUT2D eigenvalue weighted by atomic mass is 10.1. The van der Waals surface area contributed by atoms with Crippen LogP contribution in [0.15, 0.2) is 18.2 Å². The highest BCUT2D eigenvalue weighted by Gasteiger charge is 2.02. The van der Waals surface area contributed by atoms with Crippen molar-refractivity contribution in [1.29, 1.82) is 5.26 Å². The second-order valence-electron chi connectivity index (χ2n) is 2.26. The van der Waals surface area contributed by atoms with Gasteiger partial charge in [-0.1, -0.05) is 12.1 Å². The van der Waals surface area contributed by atoms with Crippen LogP contribution in [0.1, 0.15) is 11.1 Å². The Morgan fingerprint density at radius 3 is 2.64 bits per heavy atom. The van der Waals surface area contributed by atoms with Crippen LogP contribution in [0.5, 0.6) is 5.75 Å². The summed E-state index contributed by atoms with van der Waals surface area (Å²) >= 11 is 0. The van der Waals surface area contributed by atoms with Gasteiger partial charge in [0.25, 0.3) is 0 Å². The van der Waals surface area contributed by atoms with Gasteiger partial charge in [-0.3, -0.25) is 0 Å². The molecule has 0 amide bonds. The first-order valence-electron chi connectivity index (χ1n) is 3.33. The summed E-state index contributed by atoms with van der Waals surface area (Å²) in [4.78, 5) is 0. The Labute approximate surface area is 66.0 Å². The minimum absolute atomic E-state index is 0.620. The highest BCUT2D eigenvalue weighted by molar-refractivity contribution is 5.47. The molecule has 0 bridgehead atoms. The number of nitriles is 1. The molecule has 0 saturated heterocycles. The zero-order chi connectivity index (χ0) is 8.27. The van der Waals surface area contributed by atoms with Gasteiger partial charge in [0.05, 0.1) is 12.7 Å². The lowest BCUT2D eigenvalue weighted by Crippen LogP contribution is -1.89. The van der Waals surface area contributed by atoms with E-state index in [1.807, 2.05) is 19.1 Å². The fourth-order valence-corrected chi connectivity index (χ4v) is 0.954. The third-order valence-electron chi connectivity index (χ3n) is 1.57. The molecule has 0 saturated carbocycles. The van der Waals surface area contributed by atoms with Crippen LogP contribution >= 0.6 is 0 Å². The molecule has 1 aromatic rings. The van der Waals surface area contributed by atoms with Gasteiger partial charge in [0, 0.05) is 0 Å². The topological polar surface area (TPSA) is 33.0 Å².